The highest BCUT2D eigenvalue weighted by molar-refractivity contribution is 6.31. The highest BCUT2D eigenvalue weighted by atomic mass is 35.5. The molecule has 1 aromatic carbocycles. The monoisotopic (exact) mass is 160 g/mol. The fourth-order valence-electron chi connectivity index (χ4n) is 0.650. The smallest absolute Gasteiger partial charge is 0.124 e. The van der Waals surface area contributed by atoms with Gasteiger partial charge in [0.05, 0.1) is 6.61 Å². The van der Waals surface area contributed by atoms with E-state index in [1.165, 1.54) is 18.2 Å². The molecule has 0 amide bonds. The van der Waals surface area contributed by atoms with Crippen LogP contribution in [0.3, 0.4) is 0 Å². The molecule has 0 aliphatic rings. The molecule has 0 fully saturated rings. The fourth-order valence-corrected chi connectivity index (χ4v) is 0.877. The number of hydrogen-bond acceptors (Lipinski definition) is 1. The van der Waals surface area contributed by atoms with Crippen molar-refractivity contribution in [3.05, 3.63) is 34.6 Å². The van der Waals surface area contributed by atoms with Gasteiger partial charge in [-0.1, -0.05) is 17.7 Å². The molecule has 54 valence electrons. The Morgan fingerprint density at radius 3 is 2.70 bits per heavy atom. The van der Waals surface area contributed by atoms with Crippen LogP contribution in [0.1, 0.15) is 5.56 Å². The first-order valence-corrected chi connectivity index (χ1v) is 3.16. The van der Waals surface area contributed by atoms with Gasteiger partial charge in [-0.2, -0.15) is 0 Å². The highest BCUT2D eigenvalue weighted by Crippen LogP contribution is 2.16. The molecule has 1 N–H and O–H groups in total. The number of aliphatic hydroxyl groups excluding tert-OH is 1. The summed E-state index contributed by atoms with van der Waals surface area (Å²) in [4.78, 5) is 0. The van der Waals surface area contributed by atoms with Crippen LogP contribution in [0, 0.1) is 5.82 Å². The SMILES string of the molecule is OCc1ccc(F)cc1Cl. The quantitative estimate of drug-likeness (QED) is 0.666. The Morgan fingerprint density at radius 2 is 2.20 bits per heavy atom. The van der Waals surface area contributed by atoms with Gasteiger partial charge in [0.2, 0.25) is 0 Å². The summed E-state index contributed by atoms with van der Waals surface area (Å²) < 4.78 is 12.3. The Kier molecular flexibility index (Phi) is 2.25. The second-order valence-electron chi connectivity index (χ2n) is 1.89. The van der Waals surface area contributed by atoms with Crippen molar-refractivity contribution >= 4 is 11.6 Å². The standard InChI is InChI=1S/C7H6ClFO/c8-7-3-6(9)2-1-5(7)4-10/h1-3,10H,4H2. The van der Waals surface area contributed by atoms with Gasteiger partial charge in [-0.15, -0.1) is 0 Å². The Hall–Kier alpha value is -0.600. The molecule has 0 heterocycles. The molecule has 3 heteroatoms. The summed E-state index contributed by atoms with van der Waals surface area (Å²) in [5.41, 5.74) is 0.545. The zero-order valence-electron chi connectivity index (χ0n) is 5.14. The molecule has 0 aliphatic heterocycles. The van der Waals surface area contributed by atoms with E-state index in [9.17, 15) is 4.39 Å². The van der Waals surface area contributed by atoms with Crippen LogP contribution >= 0.6 is 11.6 Å². The third kappa shape index (κ3) is 1.46. The van der Waals surface area contributed by atoms with E-state index in [4.69, 9.17) is 16.7 Å². The minimum absolute atomic E-state index is 0.154. The first kappa shape index (κ1) is 7.51. The van der Waals surface area contributed by atoms with Gasteiger partial charge in [0, 0.05) is 5.02 Å². The summed E-state index contributed by atoms with van der Waals surface area (Å²) in [7, 11) is 0. The maximum Gasteiger partial charge on any atom is 0.124 e. The van der Waals surface area contributed by atoms with E-state index < -0.39 is 0 Å². The van der Waals surface area contributed by atoms with E-state index in [2.05, 4.69) is 0 Å². The lowest BCUT2D eigenvalue weighted by molar-refractivity contribution is 0.282. The molecular weight excluding hydrogens is 155 g/mol. The molecule has 0 radical (unpaired) electrons. The first-order chi connectivity index (χ1) is 4.74. The van der Waals surface area contributed by atoms with Crippen molar-refractivity contribution in [1.29, 1.82) is 0 Å². The molecule has 0 bridgehead atoms. The van der Waals surface area contributed by atoms with Crippen LogP contribution in [-0.4, -0.2) is 5.11 Å². The average molecular weight is 161 g/mol. The van der Waals surface area contributed by atoms with Crippen molar-refractivity contribution in [2.45, 2.75) is 6.61 Å². The molecule has 1 nitrogen and oxygen atoms in total. The average Bonchev–Trinajstić information content (AvgIpc) is 1.88. The first-order valence-electron chi connectivity index (χ1n) is 2.79. The maximum atomic E-state index is 12.3. The molecule has 0 aliphatic carbocycles. The molecule has 1 aromatic rings. The van der Waals surface area contributed by atoms with Gasteiger partial charge in [0.1, 0.15) is 5.82 Å². The Bertz CT molecular complexity index is 237. The van der Waals surface area contributed by atoms with Gasteiger partial charge in [-0.3, -0.25) is 0 Å². The normalized spacial score (nSPS) is 9.90. The van der Waals surface area contributed by atoms with Crippen molar-refractivity contribution < 1.29 is 9.50 Å². The number of rotatable bonds is 1. The lowest BCUT2D eigenvalue weighted by Gasteiger charge is -1.97. The molecule has 0 atom stereocenters. The zero-order valence-corrected chi connectivity index (χ0v) is 5.90. The molecule has 0 aromatic heterocycles. The second kappa shape index (κ2) is 2.99. The fraction of sp³-hybridized carbons (Fsp3) is 0.143. The van der Waals surface area contributed by atoms with Crippen LogP contribution in [0.15, 0.2) is 18.2 Å². The van der Waals surface area contributed by atoms with Crippen LogP contribution in [0.2, 0.25) is 5.02 Å². The zero-order chi connectivity index (χ0) is 7.56. The van der Waals surface area contributed by atoms with E-state index in [-0.39, 0.29) is 17.4 Å². The Morgan fingerprint density at radius 1 is 1.50 bits per heavy atom. The van der Waals surface area contributed by atoms with Crippen LogP contribution < -0.4 is 0 Å². The van der Waals surface area contributed by atoms with Crippen molar-refractivity contribution in [3.63, 3.8) is 0 Å². The van der Waals surface area contributed by atoms with Crippen LogP contribution in [0.25, 0.3) is 0 Å². The lowest BCUT2D eigenvalue weighted by atomic mass is 10.2. The van der Waals surface area contributed by atoms with E-state index in [1.807, 2.05) is 0 Å². The van der Waals surface area contributed by atoms with Crippen molar-refractivity contribution in [1.82, 2.24) is 0 Å². The summed E-state index contributed by atoms with van der Waals surface area (Å²) in [6, 6.07) is 3.89. The van der Waals surface area contributed by atoms with E-state index in [1.54, 1.807) is 0 Å². The predicted molar refractivity (Wildman–Crippen MR) is 37.3 cm³/mol. The van der Waals surface area contributed by atoms with E-state index in [0.717, 1.165) is 0 Å². The summed E-state index contributed by atoms with van der Waals surface area (Å²) in [6.07, 6.45) is 0. The van der Waals surface area contributed by atoms with E-state index in [0.29, 0.717) is 5.56 Å². The summed E-state index contributed by atoms with van der Waals surface area (Å²) in [5.74, 6) is -0.387. The van der Waals surface area contributed by atoms with Crippen molar-refractivity contribution in [2.24, 2.45) is 0 Å². The molecular formula is C7H6ClFO. The van der Waals surface area contributed by atoms with E-state index >= 15 is 0 Å². The molecule has 1 rings (SSSR count). The summed E-state index contributed by atoms with van der Waals surface area (Å²) in [5, 5.41) is 8.87. The maximum absolute atomic E-state index is 12.3. The number of benzene rings is 1. The van der Waals surface area contributed by atoms with Crippen LogP contribution in [0.4, 0.5) is 4.39 Å². The van der Waals surface area contributed by atoms with Crippen LogP contribution in [-0.2, 0) is 6.61 Å². The second-order valence-corrected chi connectivity index (χ2v) is 2.30. The number of aliphatic hydroxyl groups is 1. The third-order valence-corrected chi connectivity index (χ3v) is 1.54. The molecule has 0 saturated carbocycles. The molecule has 0 saturated heterocycles. The van der Waals surface area contributed by atoms with Gasteiger partial charge in [-0.25, -0.2) is 4.39 Å². The summed E-state index contributed by atoms with van der Waals surface area (Å²) >= 11 is 5.53. The minimum atomic E-state index is -0.387. The number of halogens is 2. The predicted octanol–water partition coefficient (Wildman–Crippen LogP) is 1.97. The van der Waals surface area contributed by atoms with Gasteiger partial charge in [0.25, 0.3) is 0 Å². The third-order valence-electron chi connectivity index (χ3n) is 1.19. The summed E-state index contributed by atoms with van der Waals surface area (Å²) in [6.45, 7) is -0.154. The van der Waals surface area contributed by atoms with Gasteiger partial charge < -0.3 is 5.11 Å². The van der Waals surface area contributed by atoms with Gasteiger partial charge in [-0.05, 0) is 17.7 Å². The Balaban J connectivity index is 3.07. The Labute approximate surface area is 63.1 Å². The van der Waals surface area contributed by atoms with Gasteiger partial charge >= 0.3 is 0 Å². The van der Waals surface area contributed by atoms with Crippen molar-refractivity contribution in [3.8, 4) is 0 Å². The minimum Gasteiger partial charge on any atom is -0.392 e. The molecule has 10 heavy (non-hydrogen) atoms. The van der Waals surface area contributed by atoms with Gasteiger partial charge in [0.15, 0.2) is 0 Å². The molecule has 0 spiro atoms. The lowest BCUT2D eigenvalue weighted by Crippen LogP contribution is -1.84. The van der Waals surface area contributed by atoms with Crippen molar-refractivity contribution in [2.75, 3.05) is 0 Å². The largest absolute Gasteiger partial charge is 0.392 e. The topological polar surface area (TPSA) is 20.2 Å². The number of hydrogen-bond donors (Lipinski definition) is 1. The molecule has 0 unspecified atom stereocenters. The van der Waals surface area contributed by atoms with Crippen LogP contribution in [0.5, 0.6) is 0 Å². The highest BCUT2D eigenvalue weighted by Gasteiger charge is 1.98.